The van der Waals surface area contributed by atoms with E-state index in [4.69, 9.17) is 4.98 Å². The molecule has 0 bridgehead atoms. The Balaban J connectivity index is 1.32. The molecule has 1 amide bonds. The van der Waals surface area contributed by atoms with Crippen LogP contribution in [0.2, 0.25) is 0 Å². The first-order valence-corrected chi connectivity index (χ1v) is 10.7. The molecule has 5 rings (SSSR count). The number of aromatic nitrogens is 3. The number of piperidine rings is 1. The highest BCUT2D eigenvalue weighted by molar-refractivity contribution is 5.91. The first-order chi connectivity index (χ1) is 14.2. The van der Waals surface area contributed by atoms with Gasteiger partial charge >= 0.3 is 0 Å². The summed E-state index contributed by atoms with van der Waals surface area (Å²) in [6.45, 7) is 7.95. The molecular weight excluding hydrogens is 364 g/mol. The predicted octanol–water partition coefficient (Wildman–Crippen LogP) is 2.33. The summed E-state index contributed by atoms with van der Waals surface area (Å²) < 4.78 is 1.93. The van der Waals surface area contributed by atoms with Crippen LogP contribution in [-0.4, -0.2) is 76.1 Å². The zero-order chi connectivity index (χ0) is 19.8. The van der Waals surface area contributed by atoms with Gasteiger partial charge in [-0.05, 0) is 38.3 Å². The number of aryl methyl sites for hydroxylation is 1. The predicted molar refractivity (Wildman–Crippen MR) is 114 cm³/mol. The van der Waals surface area contributed by atoms with Crippen LogP contribution in [0.4, 0.5) is 5.82 Å². The highest BCUT2D eigenvalue weighted by Crippen LogP contribution is 2.27. The van der Waals surface area contributed by atoms with Gasteiger partial charge < -0.3 is 9.80 Å². The van der Waals surface area contributed by atoms with Crippen LogP contribution in [0.15, 0.2) is 30.3 Å². The minimum Gasteiger partial charge on any atom is -0.353 e. The molecule has 0 atom stereocenters. The summed E-state index contributed by atoms with van der Waals surface area (Å²) in [6.07, 6.45) is 3.55. The Labute approximate surface area is 170 Å². The monoisotopic (exact) mass is 392 g/mol. The number of hydrogen-bond acceptors (Lipinski definition) is 5. The molecule has 7 nitrogen and oxygen atoms in total. The molecule has 0 radical (unpaired) electrons. The third kappa shape index (κ3) is 3.55. The van der Waals surface area contributed by atoms with Crippen molar-refractivity contribution in [3.8, 4) is 0 Å². The average molecular weight is 393 g/mol. The fourth-order valence-electron chi connectivity index (χ4n) is 4.55. The molecule has 4 heterocycles. The van der Waals surface area contributed by atoms with Crippen LogP contribution in [0.5, 0.6) is 0 Å². The summed E-state index contributed by atoms with van der Waals surface area (Å²) >= 11 is 0. The molecule has 1 aromatic carbocycles. The highest BCUT2D eigenvalue weighted by Gasteiger charge is 2.24. The summed E-state index contributed by atoms with van der Waals surface area (Å²) in [5.41, 5.74) is 2.95. The number of amides is 1. The molecule has 3 aromatic rings. The lowest BCUT2D eigenvalue weighted by molar-refractivity contribution is -0.133. The SMILES string of the molecule is Cc1cc2nc(N3CCN(CC(=O)N4CCCCC4)CC3)c3ccccc3n2n1. The van der Waals surface area contributed by atoms with Crippen molar-refractivity contribution in [3.63, 3.8) is 0 Å². The van der Waals surface area contributed by atoms with Crippen LogP contribution in [0, 0.1) is 6.92 Å². The summed E-state index contributed by atoms with van der Waals surface area (Å²) in [5, 5.41) is 5.73. The second-order valence-electron chi connectivity index (χ2n) is 8.21. The van der Waals surface area contributed by atoms with E-state index in [1.807, 2.05) is 28.5 Å². The average Bonchev–Trinajstić information content (AvgIpc) is 3.15. The van der Waals surface area contributed by atoms with E-state index in [1.165, 1.54) is 6.42 Å². The Bertz CT molecular complexity index is 1030. The quantitative estimate of drug-likeness (QED) is 0.685. The molecule has 0 saturated carbocycles. The number of piperazine rings is 1. The number of nitrogens with zero attached hydrogens (tertiary/aromatic N) is 6. The molecule has 2 aromatic heterocycles. The molecule has 152 valence electrons. The van der Waals surface area contributed by atoms with E-state index in [0.717, 1.165) is 80.2 Å². The lowest BCUT2D eigenvalue weighted by atomic mass is 10.1. The number of rotatable bonds is 3. The van der Waals surface area contributed by atoms with Crippen molar-refractivity contribution in [2.75, 3.05) is 50.7 Å². The van der Waals surface area contributed by atoms with Gasteiger partial charge in [-0.1, -0.05) is 12.1 Å². The van der Waals surface area contributed by atoms with Crippen molar-refractivity contribution in [2.24, 2.45) is 0 Å². The maximum Gasteiger partial charge on any atom is 0.236 e. The van der Waals surface area contributed by atoms with Crippen LogP contribution >= 0.6 is 0 Å². The summed E-state index contributed by atoms with van der Waals surface area (Å²) in [4.78, 5) is 24.2. The molecule has 7 heteroatoms. The first-order valence-electron chi connectivity index (χ1n) is 10.7. The van der Waals surface area contributed by atoms with Crippen LogP contribution < -0.4 is 4.90 Å². The highest BCUT2D eigenvalue weighted by atomic mass is 16.2. The maximum atomic E-state index is 12.6. The normalized spacial score (nSPS) is 18.7. The maximum absolute atomic E-state index is 12.6. The van der Waals surface area contributed by atoms with E-state index in [1.54, 1.807) is 0 Å². The van der Waals surface area contributed by atoms with Gasteiger partial charge in [-0.2, -0.15) is 5.10 Å². The van der Waals surface area contributed by atoms with E-state index in [9.17, 15) is 4.79 Å². The molecule has 2 saturated heterocycles. The van der Waals surface area contributed by atoms with Crippen LogP contribution in [-0.2, 0) is 4.79 Å². The molecule has 0 aliphatic carbocycles. The fraction of sp³-hybridized carbons (Fsp3) is 0.500. The second-order valence-corrected chi connectivity index (χ2v) is 8.21. The first kappa shape index (κ1) is 18.4. The Morgan fingerprint density at radius 3 is 2.55 bits per heavy atom. The van der Waals surface area contributed by atoms with Crippen molar-refractivity contribution in [1.29, 1.82) is 0 Å². The molecule has 2 aliphatic heterocycles. The van der Waals surface area contributed by atoms with Gasteiger partial charge in [0.1, 0.15) is 5.82 Å². The van der Waals surface area contributed by atoms with Gasteiger partial charge in [0.25, 0.3) is 0 Å². The number of para-hydroxylation sites is 1. The Kier molecular flexibility index (Phi) is 4.83. The molecule has 2 fully saturated rings. The largest absolute Gasteiger partial charge is 0.353 e. The van der Waals surface area contributed by atoms with Gasteiger partial charge in [0.15, 0.2) is 5.65 Å². The van der Waals surface area contributed by atoms with Gasteiger partial charge in [-0.25, -0.2) is 9.50 Å². The van der Waals surface area contributed by atoms with Gasteiger partial charge in [-0.15, -0.1) is 0 Å². The lowest BCUT2D eigenvalue weighted by Gasteiger charge is -2.37. The smallest absolute Gasteiger partial charge is 0.236 e. The lowest BCUT2D eigenvalue weighted by Crippen LogP contribution is -2.51. The fourth-order valence-corrected chi connectivity index (χ4v) is 4.55. The number of fused-ring (bicyclic) bond motifs is 3. The molecule has 0 unspecified atom stereocenters. The number of benzene rings is 1. The van der Waals surface area contributed by atoms with Crippen molar-refractivity contribution in [3.05, 3.63) is 36.0 Å². The van der Waals surface area contributed by atoms with Crippen molar-refractivity contribution >= 4 is 28.3 Å². The standard InChI is InChI=1S/C22H28N6O/c1-17-15-20-23-22(18-7-3-4-8-19(18)28(20)24-17)27-13-11-25(12-14-27)16-21(29)26-9-5-2-6-10-26/h3-4,7-8,15H,2,5-6,9-14,16H2,1H3. The number of carbonyl (C=O) groups is 1. The van der Waals surface area contributed by atoms with Crippen molar-refractivity contribution in [1.82, 2.24) is 24.4 Å². The van der Waals surface area contributed by atoms with Gasteiger partial charge in [-0.3, -0.25) is 9.69 Å². The summed E-state index contributed by atoms with van der Waals surface area (Å²) in [6, 6.07) is 10.4. The van der Waals surface area contributed by atoms with E-state index >= 15 is 0 Å². The summed E-state index contributed by atoms with van der Waals surface area (Å²) in [7, 11) is 0. The van der Waals surface area contributed by atoms with Crippen LogP contribution in [0.25, 0.3) is 16.6 Å². The number of anilines is 1. The topological polar surface area (TPSA) is 57.0 Å². The van der Waals surface area contributed by atoms with E-state index < -0.39 is 0 Å². The zero-order valence-electron chi connectivity index (χ0n) is 17.0. The molecular formula is C22H28N6O. The van der Waals surface area contributed by atoms with Gasteiger partial charge in [0.05, 0.1) is 17.8 Å². The molecule has 0 N–H and O–H groups in total. The third-order valence-electron chi connectivity index (χ3n) is 6.15. The van der Waals surface area contributed by atoms with Crippen LogP contribution in [0.3, 0.4) is 0 Å². The molecule has 0 spiro atoms. The van der Waals surface area contributed by atoms with Crippen molar-refractivity contribution < 1.29 is 4.79 Å². The Hall–Kier alpha value is -2.67. The number of likely N-dealkylation sites (tertiary alicyclic amines) is 1. The van der Waals surface area contributed by atoms with Gasteiger partial charge in [0.2, 0.25) is 5.91 Å². The zero-order valence-corrected chi connectivity index (χ0v) is 17.0. The third-order valence-corrected chi connectivity index (χ3v) is 6.15. The molecule has 2 aliphatic rings. The van der Waals surface area contributed by atoms with Crippen LogP contribution in [0.1, 0.15) is 25.0 Å². The number of hydrogen-bond donors (Lipinski definition) is 0. The van der Waals surface area contributed by atoms with Crippen molar-refractivity contribution in [2.45, 2.75) is 26.2 Å². The minimum absolute atomic E-state index is 0.290. The van der Waals surface area contributed by atoms with Gasteiger partial charge in [0, 0.05) is 50.7 Å². The Morgan fingerprint density at radius 2 is 1.76 bits per heavy atom. The van der Waals surface area contributed by atoms with E-state index in [-0.39, 0.29) is 5.91 Å². The van der Waals surface area contributed by atoms with E-state index in [2.05, 4.69) is 33.1 Å². The Morgan fingerprint density at radius 1 is 1.00 bits per heavy atom. The van der Waals surface area contributed by atoms with E-state index in [0.29, 0.717) is 6.54 Å². The summed E-state index contributed by atoms with van der Waals surface area (Å²) in [5.74, 6) is 1.31. The number of carbonyl (C=O) groups excluding carboxylic acids is 1. The second kappa shape index (κ2) is 7.63. The molecule has 29 heavy (non-hydrogen) atoms. The minimum atomic E-state index is 0.290.